The highest BCUT2D eigenvalue weighted by molar-refractivity contribution is 7.98. The third-order valence-electron chi connectivity index (χ3n) is 1.78. The molecule has 1 heterocycles. The van der Waals surface area contributed by atoms with E-state index >= 15 is 0 Å². The molecule has 0 saturated carbocycles. The van der Waals surface area contributed by atoms with Crippen molar-refractivity contribution in [3.05, 3.63) is 41.6 Å². The number of aromatic nitrogens is 3. The molecule has 0 bridgehead atoms. The number of halogens is 2. The minimum absolute atomic E-state index is 0.322. The molecule has 0 aliphatic rings. The van der Waals surface area contributed by atoms with Crippen molar-refractivity contribution >= 4 is 11.8 Å². The summed E-state index contributed by atoms with van der Waals surface area (Å²) in [5, 5.41) is 10.5. The zero-order chi connectivity index (χ0) is 10.7. The Kier molecular flexibility index (Phi) is 2.96. The highest BCUT2D eigenvalue weighted by atomic mass is 32.2. The molecule has 0 unspecified atom stereocenters. The summed E-state index contributed by atoms with van der Waals surface area (Å²) in [5.41, 5.74) is 0.322. The lowest BCUT2D eigenvalue weighted by atomic mass is 10.2. The maximum absolute atomic E-state index is 13.2. The number of aromatic amines is 1. The number of nitrogens with one attached hydrogen (secondary N) is 1. The predicted molar refractivity (Wildman–Crippen MR) is 52.3 cm³/mol. The number of hydrogen-bond donors (Lipinski definition) is 1. The topological polar surface area (TPSA) is 41.6 Å². The van der Waals surface area contributed by atoms with Crippen molar-refractivity contribution in [1.29, 1.82) is 0 Å². The zero-order valence-electron chi connectivity index (χ0n) is 7.58. The largest absolute Gasteiger partial charge is 0.207 e. The lowest BCUT2D eigenvalue weighted by molar-refractivity contribution is 0.591. The average Bonchev–Trinajstić information content (AvgIpc) is 2.72. The number of nitrogens with zero attached hydrogens (tertiary/aromatic N) is 2. The Bertz CT molecular complexity index is 445. The van der Waals surface area contributed by atoms with E-state index in [4.69, 9.17) is 0 Å². The molecule has 0 spiro atoms. The first-order chi connectivity index (χ1) is 7.25. The summed E-state index contributed by atoms with van der Waals surface area (Å²) >= 11 is 1.29. The summed E-state index contributed by atoms with van der Waals surface area (Å²) < 4.78 is 26.0. The Labute approximate surface area is 88.9 Å². The number of rotatable bonds is 3. The van der Waals surface area contributed by atoms with E-state index in [0.717, 1.165) is 12.1 Å². The summed E-state index contributed by atoms with van der Waals surface area (Å²) in [6, 6.07) is 3.40. The molecule has 1 aromatic carbocycles. The molecule has 0 saturated heterocycles. The minimum Gasteiger partial charge on any atom is -0.207 e. The number of benzene rings is 1. The van der Waals surface area contributed by atoms with Gasteiger partial charge in [0.25, 0.3) is 0 Å². The SMILES string of the molecule is Fc1ccc(F)c(CSc2cn[nH]n2)c1. The van der Waals surface area contributed by atoms with Crippen molar-refractivity contribution in [2.24, 2.45) is 0 Å². The minimum atomic E-state index is -0.438. The van der Waals surface area contributed by atoms with Crippen molar-refractivity contribution in [3.63, 3.8) is 0 Å². The van der Waals surface area contributed by atoms with Gasteiger partial charge in [-0.1, -0.05) is 11.8 Å². The van der Waals surface area contributed by atoms with E-state index in [-0.39, 0.29) is 0 Å². The Morgan fingerprint density at radius 2 is 2.20 bits per heavy atom. The van der Waals surface area contributed by atoms with E-state index in [0.29, 0.717) is 16.3 Å². The van der Waals surface area contributed by atoms with Crippen LogP contribution in [0.3, 0.4) is 0 Å². The van der Waals surface area contributed by atoms with Crippen LogP contribution in [0.15, 0.2) is 29.4 Å². The molecule has 0 fully saturated rings. The van der Waals surface area contributed by atoms with E-state index < -0.39 is 11.6 Å². The molecule has 0 atom stereocenters. The van der Waals surface area contributed by atoms with Crippen molar-refractivity contribution in [2.45, 2.75) is 10.8 Å². The summed E-state index contributed by atoms with van der Waals surface area (Å²) in [7, 11) is 0. The van der Waals surface area contributed by atoms with Crippen LogP contribution in [0.4, 0.5) is 8.78 Å². The second-order valence-electron chi connectivity index (χ2n) is 2.83. The molecule has 0 amide bonds. The lowest BCUT2D eigenvalue weighted by Crippen LogP contribution is -1.89. The van der Waals surface area contributed by atoms with Gasteiger partial charge < -0.3 is 0 Å². The van der Waals surface area contributed by atoms with Crippen molar-refractivity contribution in [1.82, 2.24) is 15.4 Å². The Morgan fingerprint density at radius 3 is 2.93 bits per heavy atom. The molecular weight excluding hydrogens is 220 g/mol. The third-order valence-corrected chi connectivity index (χ3v) is 2.72. The normalized spacial score (nSPS) is 10.5. The van der Waals surface area contributed by atoms with Gasteiger partial charge in [-0.3, -0.25) is 0 Å². The molecule has 0 aliphatic heterocycles. The van der Waals surface area contributed by atoms with E-state index in [1.165, 1.54) is 24.0 Å². The first kappa shape index (κ1) is 10.1. The monoisotopic (exact) mass is 227 g/mol. The molecule has 0 aliphatic carbocycles. The van der Waals surface area contributed by atoms with Gasteiger partial charge in [-0.15, -0.1) is 5.10 Å². The molecular formula is C9H7F2N3S. The van der Waals surface area contributed by atoms with Crippen LogP contribution in [-0.4, -0.2) is 15.4 Å². The molecule has 1 aromatic heterocycles. The molecule has 15 heavy (non-hydrogen) atoms. The van der Waals surface area contributed by atoms with Crippen LogP contribution in [0.5, 0.6) is 0 Å². The molecule has 3 nitrogen and oxygen atoms in total. The Hall–Kier alpha value is -1.43. The number of thioether (sulfide) groups is 1. The summed E-state index contributed by atoms with van der Waals surface area (Å²) in [4.78, 5) is 0. The summed E-state index contributed by atoms with van der Waals surface area (Å²) in [5.74, 6) is -0.518. The Morgan fingerprint density at radius 1 is 1.33 bits per heavy atom. The van der Waals surface area contributed by atoms with Gasteiger partial charge in [0, 0.05) is 11.3 Å². The van der Waals surface area contributed by atoms with E-state index in [2.05, 4.69) is 15.4 Å². The van der Waals surface area contributed by atoms with Gasteiger partial charge in [-0.2, -0.15) is 10.3 Å². The van der Waals surface area contributed by atoms with Gasteiger partial charge in [0.05, 0.1) is 6.20 Å². The van der Waals surface area contributed by atoms with Gasteiger partial charge >= 0.3 is 0 Å². The molecule has 78 valence electrons. The van der Waals surface area contributed by atoms with Gasteiger partial charge in [0.2, 0.25) is 0 Å². The molecule has 2 aromatic rings. The van der Waals surface area contributed by atoms with Crippen LogP contribution in [0.1, 0.15) is 5.56 Å². The predicted octanol–water partition coefficient (Wildman–Crippen LogP) is 2.38. The van der Waals surface area contributed by atoms with Gasteiger partial charge in [0.15, 0.2) is 0 Å². The molecule has 0 radical (unpaired) electrons. The van der Waals surface area contributed by atoms with Crippen LogP contribution in [0.2, 0.25) is 0 Å². The average molecular weight is 227 g/mol. The molecule has 1 N–H and O–H groups in total. The smallest absolute Gasteiger partial charge is 0.139 e. The van der Waals surface area contributed by atoms with Crippen molar-refractivity contribution in [3.8, 4) is 0 Å². The summed E-state index contributed by atoms with van der Waals surface area (Å²) in [6.07, 6.45) is 1.53. The highest BCUT2D eigenvalue weighted by Crippen LogP contribution is 2.21. The van der Waals surface area contributed by atoms with Crippen LogP contribution in [0.25, 0.3) is 0 Å². The first-order valence-electron chi connectivity index (χ1n) is 4.18. The van der Waals surface area contributed by atoms with Crippen LogP contribution in [-0.2, 0) is 5.75 Å². The van der Waals surface area contributed by atoms with Gasteiger partial charge in [0.1, 0.15) is 16.7 Å². The fourth-order valence-electron chi connectivity index (χ4n) is 1.07. The maximum atomic E-state index is 13.2. The van der Waals surface area contributed by atoms with E-state index in [1.807, 2.05) is 0 Å². The summed E-state index contributed by atoms with van der Waals surface area (Å²) in [6.45, 7) is 0. The first-order valence-corrected chi connectivity index (χ1v) is 5.17. The van der Waals surface area contributed by atoms with E-state index in [9.17, 15) is 8.78 Å². The van der Waals surface area contributed by atoms with Crippen molar-refractivity contribution < 1.29 is 8.78 Å². The fourth-order valence-corrected chi connectivity index (χ4v) is 1.82. The van der Waals surface area contributed by atoms with Gasteiger partial charge in [-0.05, 0) is 18.2 Å². The van der Waals surface area contributed by atoms with Gasteiger partial charge in [-0.25, -0.2) is 8.78 Å². The second-order valence-corrected chi connectivity index (χ2v) is 3.83. The van der Waals surface area contributed by atoms with Crippen LogP contribution < -0.4 is 0 Å². The van der Waals surface area contributed by atoms with Crippen LogP contribution in [0, 0.1) is 11.6 Å². The maximum Gasteiger partial charge on any atom is 0.139 e. The van der Waals surface area contributed by atoms with Crippen molar-refractivity contribution in [2.75, 3.05) is 0 Å². The second kappa shape index (κ2) is 4.39. The standard InChI is InChI=1S/C9H7F2N3S/c10-7-1-2-8(11)6(3-7)5-15-9-4-12-14-13-9/h1-4H,5H2,(H,12,13,14). The highest BCUT2D eigenvalue weighted by Gasteiger charge is 2.05. The fraction of sp³-hybridized carbons (Fsp3) is 0.111. The lowest BCUT2D eigenvalue weighted by Gasteiger charge is -2.00. The quantitative estimate of drug-likeness (QED) is 0.818. The zero-order valence-corrected chi connectivity index (χ0v) is 8.39. The van der Waals surface area contributed by atoms with E-state index in [1.54, 1.807) is 0 Å². The number of hydrogen-bond acceptors (Lipinski definition) is 3. The third kappa shape index (κ3) is 2.53. The molecule has 2 rings (SSSR count). The number of H-pyrrole nitrogens is 1. The van der Waals surface area contributed by atoms with Crippen LogP contribution >= 0.6 is 11.8 Å². The Balaban J connectivity index is 2.07. The molecule has 6 heteroatoms.